The molecule has 0 unspecified atom stereocenters. The number of thiazole rings is 1. The van der Waals surface area contributed by atoms with Crippen molar-refractivity contribution in [2.24, 2.45) is 4.99 Å². The van der Waals surface area contributed by atoms with Gasteiger partial charge in [0.1, 0.15) is 12.4 Å². The van der Waals surface area contributed by atoms with Crippen LogP contribution in [0, 0.1) is 0 Å². The lowest BCUT2D eigenvalue weighted by Crippen LogP contribution is -2.39. The Balaban J connectivity index is 1.51. The van der Waals surface area contributed by atoms with E-state index in [0.29, 0.717) is 45.9 Å². The summed E-state index contributed by atoms with van der Waals surface area (Å²) in [6.45, 7) is 3.95. The highest BCUT2D eigenvalue weighted by molar-refractivity contribution is 9.10. The summed E-state index contributed by atoms with van der Waals surface area (Å²) in [7, 11) is 0. The van der Waals surface area contributed by atoms with E-state index in [-0.39, 0.29) is 18.8 Å². The SMILES string of the molecule is CCOC(=O)C1=C(C)N=c2s/c(=C\c3ccc(OCc4ccc(Cl)cc4Cl)c(Br)c3)c(=O)n2[C@H]1c1ccc(Cl)cc1. The largest absolute Gasteiger partial charge is 0.488 e. The third-order valence-corrected chi connectivity index (χ3v) is 8.80. The molecule has 0 N–H and O–H groups in total. The average molecular weight is 693 g/mol. The van der Waals surface area contributed by atoms with Gasteiger partial charge >= 0.3 is 5.97 Å². The van der Waals surface area contributed by atoms with E-state index in [1.807, 2.05) is 24.3 Å². The summed E-state index contributed by atoms with van der Waals surface area (Å²) in [5, 5.41) is 1.63. The topological polar surface area (TPSA) is 69.9 Å². The lowest BCUT2D eigenvalue weighted by molar-refractivity contribution is -0.139. The average Bonchev–Trinajstić information content (AvgIpc) is 3.23. The zero-order chi connectivity index (χ0) is 29.3. The van der Waals surface area contributed by atoms with Crippen molar-refractivity contribution in [3.05, 3.63) is 128 Å². The number of carbonyl (C=O) groups is 1. The molecule has 4 aromatic rings. The molecule has 1 aromatic heterocycles. The number of ether oxygens (including phenoxy) is 2. The summed E-state index contributed by atoms with van der Waals surface area (Å²) < 4.78 is 14.0. The normalized spacial score (nSPS) is 15.0. The summed E-state index contributed by atoms with van der Waals surface area (Å²) in [5.74, 6) is 0.106. The maximum absolute atomic E-state index is 13.8. The number of hydrogen-bond acceptors (Lipinski definition) is 6. The number of allylic oxidation sites excluding steroid dienone is 1. The molecule has 0 amide bonds. The van der Waals surface area contributed by atoms with Crippen LogP contribution in [0.2, 0.25) is 15.1 Å². The van der Waals surface area contributed by atoms with E-state index in [4.69, 9.17) is 44.3 Å². The molecule has 0 aliphatic carbocycles. The van der Waals surface area contributed by atoms with Crippen molar-refractivity contribution in [2.45, 2.75) is 26.5 Å². The van der Waals surface area contributed by atoms with Crippen LogP contribution in [0.15, 0.2) is 86.2 Å². The van der Waals surface area contributed by atoms with Crippen molar-refractivity contribution in [3.8, 4) is 5.75 Å². The summed E-state index contributed by atoms with van der Waals surface area (Å²) in [5.41, 5.74) is 2.87. The molecular weight excluding hydrogens is 671 g/mol. The second kappa shape index (κ2) is 12.5. The summed E-state index contributed by atoms with van der Waals surface area (Å²) in [4.78, 5) is 31.9. The molecule has 0 spiro atoms. The van der Waals surface area contributed by atoms with E-state index in [9.17, 15) is 9.59 Å². The maximum Gasteiger partial charge on any atom is 0.338 e. The zero-order valence-corrected chi connectivity index (χ0v) is 26.5. The molecule has 0 radical (unpaired) electrons. The Labute approximate surface area is 263 Å². The molecule has 5 rings (SSSR count). The van der Waals surface area contributed by atoms with E-state index >= 15 is 0 Å². The molecule has 2 heterocycles. The first-order valence-corrected chi connectivity index (χ1v) is 15.2. The van der Waals surface area contributed by atoms with Crippen LogP contribution in [0.4, 0.5) is 0 Å². The van der Waals surface area contributed by atoms with E-state index in [1.165, 1.54) is 11.3 Å². The number of hydrogen-bond donors (Lipinski definition) is 0. The van der Waals surface area contributed by atoms with Gasteiger partial charge in [-0.15, -0.1) is 0 Å². The number of halogens is 4. The molecule has 0 fully saturated rings. The van der Waals surface area contributed by atoms with Gasteiger partial charge in [-0.2, -0.15) is 0 Å². The Morgan fingerprint density at radius 1 is 1.07 bits per heavy atom. The zero-order valence-electron chi connectivity index (χ0n) is 21.8. The van der Waals surface area contributed by atoms with Crippen molar-refractivity contribution >= 4 is 74.1 Å². The first-order chi connectivity index (χ1) is 19.7. The van der Waals surface area contributed by atoms with Crippen LogP contribution in [-0.2, 0) is 16.1 Å². The number of esters is 1. The Kier molecular flexibility index (Phi) is 9.06. The van der Waals surface area contributed by atoms with E-state index in [0.717, 1.165) is 16.7 Å². The van der Waals surface area contributed by atoms with Gasteiger partial charge in [-0.25, -0.2) is 9.79 Å². The third-order valence-electron chi connectivity index (χ3n) is 6.35. The molecule has 1 aliphatic heterocycles. The Hall–Kier alpha value is -2.88. The predicted molar refractivity (Wildman–Crippen MR) is 167 cm³/mol. The highest BCUT2D eigenvalue weighted by atomic mass is 79.9. The maximum atomic E-state index is 13.8. The van der Waals surface area contributed by atoms with Gasteiger partial charge in [0.25, 0.3) is 5.56 Å². The van der Waals surface area contributed by atoms with Gasteiger partial charge in [-0.1, -0.05) is 70.4 Å². The molecular formula is C30H22BrCl3N2O4S. The van der Waals surface area contributed by atoms with Gasteiger partial charge in [0, 0.05) is 20.6 Å². The first-order valence-electron chi connectivity index (χ1n) is 12.5. The van der Waals surface area contributed by atoms with Gasteiger partial charge in [0.05, 0.1) is 32.9 Å². The lowest BCUT2D eigenvalue weighted by atomic mass is 9.96. The number of benzene rings is 3. The summed E-state index contributed by atoms with van der Waals surface area (Å²) >= 11 is 23.2. The minimum absolute atomic E-state index is 0.203. The van der Waals surface area contributed by atoms with Crippen LogP contribution < -0.4 is 19.6 Å². The number of fused-ring (bicyclic) bond motifs is 1. The fraction of sp³-hybridized carbons (Fsp3) is 0.167. The van der Waals surface area contributed by atoms with E-state index in [1.54, 1.807) is 60.9 Å². The van der Waals surface area contributed by atoms with Gasteiger partial charge in [-0.3, -0.25) is 9.36 Å². The standard InChI is InChI=1S/C30H22BrCl3N2O4S/c1-3-39-29(38)26-16(2)35-30-36(27(26)18-5-8-20(32)9-6-18)28(37)25(41-30)13-17-4-11-24(22(31)12-17)40-15-19-7-10-21(33)14-23(19)34/h4-14,27H,3,15H2,1-2H3/b25-13-/t27-/m0/s1. The monoisotopic (exact) mass is 690 g/mol. The highest BCUT2D eigenvalue weighted by Crippen LogP contribution is 2.32. The second-order valence-electron chi connectivity index (χ2n) is 9.07. The van der Waals surface area contributed by atoms with Gasteiger partial charge in [-0.05, 0) is 83.4 Å². The molecule has 11 heteroatoms. The summed E-state index contributed by atoms with van der Waals surface area (Å²) in [6, 6.07) is 17.1. The van der Waals surface area contributed by atoms with E-state index < -0.39 is 12.0 Å². The smallest absolute Gasteiger partial charge is 0.338 e. The molecule has 210 valence electrons. The minimum atomic E-state index is -0.702. The van der Waals surface area contributed by atoms with Crippen molar-refractivity contribution in [1.29, 1.82) is 0 Å². The van der Waals surface area contributed by atoms with E-state index in [2.05, 4.69) is 20.9 Å². The Morgan fingerprint density at radius 2 is 1.80 bits per heavy atom. The van der Waals surface area contributed by atoms with Crippen LogP contribution >= 0.6 is 62.1 Å². The third kappa shape index (κ3) is 6.32. The fourth-order valence-electron chi connectivity index (χ4n) is 4.42. The van der Waals surface area contributed by atoms with Crippen molar-refractivity contribution in [3.63, 3.8) is 0 Å². The van der Waals surface area contributed by atoms with Crippen LogP contribution in [0.3, 0.4) is 0 Å². The van der Waals surface area contributed by atoms with Crippen LogP contribution in [0.25, 0.3) is 6.08 Å². The molecule has 1 aliphatic rings. The number of aromatic nitrogens is 1. The molecule has 0 saturated carbocycles. The van der Waals surface area contributed by atoms with Crippen molar-refractivity contribution in [1.82, 2.24) is 4.57 Å². The van der Waals surface area contributed by atoms with Crippen LogP contribution in [-0.4, -0.2) is 17.1 Å². The Morgan fingerprint density at radius 3 is 2.49 bits per heavy atom. The number of nitrogens with zero attached hydrogens (tertiary/aromatic N) is 2. The molecule has 6 nitrogen and oxygen atoms in total. The number of rotatable bonds is 7. The Bertz CT molecular complexity index is 1870. The molecule has 41 heavy (non-hydrogen) atoms. The first kappa shape index (κ1) is 29.6. The highest BCUT2D eigenvalue weighted by Gasteiger charge is 2.33. The summed E-state index contributed by atoms with van der Waals surface area (Å²) in [6.07, 6.45) is 1.79. The van der Waals surface area contributed by atoms with Crippen molar-refractivity contribution < 1.29 is 14.3 Å². The minimum Gasteiger partial charge on any atom is -0.488 e. The van der Waals surface area contributed by atoms with Gasteiger partial charge < -0.3 is 9.47 Å². The second-order valence-corrected chi connectivity index (χ2v) is 12.2. The molecule has 1 atom stereocenters. The quantitative estimate of drug-likeness (QED) is 0.194. The van der Waals surface area contributed by atoms with Crippen molar-refractivity contribution in [2.75, 3.05) is 6.61 Å². The van der Waals surface area contributed by atoms with Crippen LogP contribution in [0.1, 0.15) is 36.6 Å². The molecule has 0 bridgehead atoms. The van der Waals surface area contributed by atoms with Gasteiger partial charge in [0.15, 0.2) is 4.80 Å². The number of carbonyl (C=O) groups excluding carboxylic acids is 1. The molecule has 3 aromatic carbocycles. The fourth-order valence-corrected chi connectivity index (χ4v) is 6.57. The van der Waals surface area contributed by atoms with Gasteiger partial charge in [0.2, 0.25) is 0 Å². The predicted octanol–water partition coefficient (Wildman–Crippen LogP) is 7.10. The lowest BCUT2D eigenvalue weighted by Gasteiger charge is -2.24. The molecule has 0 saturated heterocycles. The van der Waals surface area contributed by atoms with Crippen LogP contribution in [0.5, 0.6) is 5.75 Å².